The first-order chi connectivity index (χ1) is 16.0. The summed E-state index contributed by atoms with van der Waals surface area (Å²) in [6, 6.07) is 12.6. The Labute approximate surface area is 202 Å². The molecule has 0 amide bonds. The molecule has 186 valence electrons. The topological polar surface area (TPSA) is 71.8 Å². The zero-order valence-electron chi connectivity index (χ0n) is 21.0. The fraction of sp³-hybridized carbons (Fsp3) is 0.692. The van der Waals surface area contributed by atoms with Crippen molar-refractivity contribution in [3.05, 3.63) is 35.9 Å². The number of nitrogens with zero attached hydrogens (tertiary/aromatic N) is 2. The van der Waals surface area contributed by atoms with Crippen LogP contribution >= 0.6 is 8.53 Å². The van der Waals surface area contributed by atoms with E-state index in [1.165, 1.54) is 12.8 Å². The van der Waals surface area contributed by atoms with Gasteiger partial charge < -0.3 is 13.8 Å². The standard InChI is InChI=1S/C26H43N2O4P/c1-23(2)28(24(3)4)33(32-21-15-19-27)31-20-14-9-7-5-6-8-13-18-26(29)30-22-25-16-11-10-12-17-25/h10-12,16-17,23-24H,5-9,13-15,18,20-22H2,1-4H3. The van der Waals surface area contributed by atoms with Gasteiger partial charge >= 0.3 is 5.97 Å². The second kappa shape index (κ2) is 18.9. The van der Waals surface area contributed by atoms with Gasteiger partial charge in [0.25, 0.3) is 8.53 Å². The number of hydrogen-bond acceptors (Lipinski definition) is 6. The van der Waals surface area contributed by atoms with Gasteiger partial charge in [-0.1, -0.05) is 62.4 Å². The Morgan fingerprint density at radius 2 is 1.48 bits per heavy atom. The van der Waals surface area contributed by atoms with E-state index in [-0.39, 0.29) is 5.97 Å². The van der Waals surface area contributed by atoms with Crippen LogP contribution in [-0.2, 0) is 25.2 Å². The van der Waals surface area contributed by atoms with Crippen LogP contribution in [0.5, 0.6) is 0 Å². The molecule has 0 saturated carbocycles. The van der Waals surface area contributed by atoms with Crippen LogP contribution in [0.15, 0.2) is 30.3 Å². The molecule has 0 bridgehead atoms. The summed E-state index contributed by atoms with van der Waals surface area (Å²) in [7, 11) is -1.13. The molecule has 1 unspecified atom stereocenters. The van der Waals surface area contributed by atoms with Crippen molar-refractivity contribution in [2.45, 2.75) is 104 Å². The van der Waals surface area contributed by atoms with E-state index in [0.29, 0.717) is 44.7 Å². The van der Waals surface area contributed by atoms with Gasteiger partial charge in [0.2, 0.25) is 0 Å². The molecule has 0 fully saturated rings. The Balaban J connectivity index is 2.08. The van der Waals surface area contributed by atoms with Gasteiger partial charge in [0.05, 0.1) is 25.7 Å². The highest BCUT2D eigenvalue weighted by Gasteiger charge is 2.26. The second-order valence-corrected chi connectivity index (χ2v) is 10.2. The van der Waals surface area contributed by atoms with Gasteiger partial charge in [-0.3, -0.25) is 4.79 Å². The summed E-state index contributed by atoms with van der Waals surface area (Å²) < 4.78 is 19.6. The lowest BCUT2D eigenvalue weighted by Gasteiger charge is -2.35. The number of carbonyl (C=O) groups excluding carboxylic acids is 1. The van der Waals surface area contributed by atoms with Crippen LogP contribution < -0.4 is 0 Å². The molecule has 7 heteroatoms. The highest BCUT2D eigenvalue weighted by molar-refractivity contribution is 7.44. The average molecular weight is 479 g/mol. The van der Waals surface area contributed by atoms with E-state index in [1.54, 1.807) is 0 Å². The quantitative estimate of drug-likeness (QED) is 0.119. The van der Waals surface area contributed by atoms with Crippen molar-refractivity contribution in [2.75, 3.05) is 13.2 Å². The van der Waals surface area contributed by atoms with Gasteiger partial charge in [0.1, 0.15) is 6.61 Å². The maximum absolute atomic E-state index is 11.8. The van der Waals surface area contributed by atoms with Crippen LogP contribution in [0.1, 0.15) is 91.0 Å². The summed E-state index contributed by atoms with van der Waals surface area (Å²) in [4.78, 5) is 11.8. The van der Waals surface area contributed by atoms with Crippen molar-refractivity contribution in [3.8, 4) is 6.07 Å². The Bertz CT molecular complexity index is 656. The first kappa shape index (κ1) is 29.5. The molecule has 0 N–H and O–H groups in total. The Hall–Kier alpha value is -1.51. The third-order valence-electron chi connectivity index (χ3n) is 5.13. The highest BCUT2D eigenvalue weighted by atomic mass is 31.2. The van der Waals surface area contributed by atoms with Crippen molar-refractivity contribution >= 4 is 14.5 Å². The van der Waals surface area contributed by atoms with Crippen LogP contribution in [0.4, 0.5) is 0 Å². The number of ether oxygens (including phenoxy) is 1. The number of nitriles is 1. The van der Waals surface area contributed by atoms with Crippen LogP contribution in [0.2, 0.25) is 0 Å². The molecule has 0 aliphatic heterocycles. The molecule has 33 heavy (non-hydrogen) atoms. The van der Waals surface area contributed by atoms with Gasteiger partial charge in [-0.25, -0.2) is 4.67 Å². The molecule has 1 aromatic rings. The molecule has 0 radical (unpaired) electrons. The van der Waals surface area contributed by atoms with Gasteiger partial charge in [-0.05, 0) is 46.1 Å². The average Bonchev–Trinajstić information content (AvgIpc) is 2.79. The summed E-state index contributed by atoms with van der Waals surface area (Å²) in [6.45, 7) is 10.0. The highest BCUT2D eigenvalue weighted by Crippen LogP contribution is 2.46. The van der Waals surface area contributed by atoms with Gasteiger partial charge in [-0.2, -0.15) is 5.26 Å². The van der Waals surface area contributed by atoms with Crippen LogP contribution in [-0.4, -0.2) is 35.9 Å². The predicted octanol–water partition coefficient (Wildman–Crippen LogP) is 7.14. The molecule has 0 aliphatic carbocycles. The van der Waals surface area contributed by atoms with Crippen molar-refractivity contribution in [1.82, 2.24) is 4.67 Å². The minimum absolute atomic E-state index is 0.110. The first-order valence-corrected chi connectivity index (χ1v) is 13.5. The van der Waals surface area contributed by atoms with E-state index in [0.717, 1.165) is 37.7 Å². The minimum Gasteiger partial charge on any atom is -0.461 e. The number of carbonyl (C=O) groups is 1. The van der Waals surface area contributed by atoms with Gasteiger partial charge in [-0.15, -0.1) is 0 Å². The van der Waals surface area contributed by atoms with E-state index < -0.39 is 8.53 Å². The van der Waals surface area contributed by atoms with E-state index in [9.17, 15) is 4.79 Å². The molecule has 0 aliphatic rings. The molecule has 6 nitrogen and oxygen atoms in total. The monoisotopic (exact) mass is 478 g/mol. The van der Waals surface area contributed by atoms with Gasteiger partial charge in [0.15, 0.2) is 0 Å². The molecule has 0 spiro atoms. The van der Waals surface area contributed by atoms with Crippen LogP contribution in [0, 0.1) is 11.3 Å². The first-order valence-electron chi connectivity index (χ1n) is 12.4. The molecule has 1 rings (SSSR count). The molecule has 1 aromatic carbocycles. The lowest BCUT2D eigenvalue weighted by atomic mass is 10.1. The molecule has 0 aromatic heterocycles. The number of rotatable bonds is 19. The predicted molar refractivity (Wildman–Crippen MR) is 134 cm³/mol. The maximum atomic E-state index is 11.8. The molecular weight excluding hydrogens is 435 g/mol. The number of unbranched alkanes of at least 4 members (excludes halogenated alkanes) is 6. The largest absolute Gasteiger partial charge is 0.461 e. The molecule has 0 heterocycles. The summed E-state index contributed by atoms with van der Waals surface area (Å²) in [5.74, 6) is -0.110. The number of esters is 1. The zero-order chi connectivity index (χ0) is 24.3. The Kier molecular flexibility index (Phi) is 16.9. The molecular formula is C26H43N2O4P. The fourth-order valence-electron chi connectivity index (χ4n) is 3.52. The van der Waals surface area contributed by atoms with E-state index in [4.69, 9.17) is 19.0 Å². The lowest BCUT2D eigenvalue weighted by molar-refractivity contribution is -0.145. The Morgan fingerprint density at radius 1 is 0.909 bits per heavy atom. The van der Waals surface area contributed by atoms with Crippen molar-refractivity contribution in [3.63, 3.8) is 0 Å². The normalized spacial score (nSPS) is 12.3. The summed E-state index contributed by atoms with van der Waals surface area (Å²) in [5.41, 5.74) is 1.03. The fourth-order valence-corrected chi connectivity index (χ4v) is 5.15. The number of benzene rings is 1. The third kappa shape index (κ3) is 14.4. The van der Waals surface area contributed by atoms with Crippen molar-refractivity contribution in [1.29, 1.82) is 5.26 Å². The van der Waals surface area contributed by atoms with Crippen LogP contribution in [0.25, 0.3) is 0 Å². The van der Waals surface area contributed by atoms with E-state index >= 15 is 0 Å². The summed E-state index contributed by atoms with van der Waals surface area (Å²) in [6.07, 6.45) is 8.47. The zero-order valence-corrected chi connectivity index (χ0v) is 21.9. The van der Waals surface area contributed by atoms with Crippen molar-refractivity contribution < 1.29 is 18.6 Å². The maximum Gasteiger partial charge on any atom is 0.306 e. The molecule has 0 saturated heterocycles. The minimum atomic E-state index is -1.13. The van der Waals surface area contributed by atoms with Crippen LogP contribution in [0.3, 0.4) is 0 Å². The van der Waals surface area contributed by atoms with E-state index in [2.05, 4.69) is 38.4 Å². The van der Waals surface area contributed by atoms with E-state index in [1.807, 2.05) is 30.3 Å². The molecule has 1 atom stereocenters. The SMILES string of the molecule is CC(C)N(C(C)C)P(OCCC#N)OCCCCCCCCCC(=O)OCc1ccccc1. The summed E-state index contributed by atoms with van der Waals surface area (Å²) in [5, 5.41) is 8.78. The number of hydrogen-bond donors (Lipinski definition) is 0. The summed E-state index contributed by atoms with van der Waals surface area (Å²) >= 11 is 0. The smallest absolute Gasteiger partial charge is 0.306 e. The Morgan fingerprint density at radius 3 is 2.09 bits per heavy atom. The second-order valence-electron chi connectivity index (χ2n) is 8.75. The lowest BCUT2D eigenvalue weighted by Crippen LogP contribution is -2.33. The van der Waals surface area contributed by atoms with Gasteiger partial charge in [0, 0.05) is 18.5 Å². The third-order valence-corrected chi connectivity index (χ3v) is 7.24. The van der Waals surface area contributed by atoms with Crippen molar-refractivity contribution in [2.24, 2.45) is 0 Å².